The van der Waals surface area contributed by atoms with Gasteiger partial charge in [-0.2, -0.15) is 0 Å². The molecule has 0 aliphatic carbocycles. The van der Waals surface area contributed by atoms with E-state index in [9.17, 15) is 0 Å². The molecule has 10 aromatic rings. The second kappa shape index (κ2) is 12.1. The molecule has 0 saturated heterocycles. The molecule has 0 amide bonds. The van der Waals surface area contributed by atoms with Crippen molar-refractivity contribution in [1.82, 2.24) is 19.9 Å². The van der Waals surface area contributed by atoms with Gasteiger partial charge in [0.15, 0.2) is 17.5 Å². The number of rotatable bonds is 5. The van der Waals surface area contributed by atoms with E-state index in [0.29, 0.717) is 17.5 Å². The van der Waals surface area contributed by atoms with Crippen LogP contribution >= 0.6 is 11.3 Å². The normalized spacial score (nSPS) is 11.5. The van der Waals surface area contributed by atoms with E-state index in [1.54, 1.807) is 0 Å². The zero-order valence-corrected chi connectivity index (χ0v) is 28.2. The minimum absolute atomic E-state index is 0.632. The van der Waals surface area contributed by atoms with E-state index in [1.165, 1.54) is 47.5 Å². The van der Waals surface area contributed by atoms with Gasteiger partial charge in [0.1, 0.15) is 0 Å². The van der Waals surface area contributed by atoms with Crippen LogP contribution in [0.25, 0.3) is 98.4 Å². The van der Waals surface area contributed by atoms with E-state index in [1.807, 2.05) is 72.0 Å². The van der Waals surface area contributed by atoms with Crippen LogP contribution < -0.4 is 0 Å². The molecule has 0 atom stereocenters. The maximum atomic E-state index is 5.40. The van der Waals surface area contributed by atoms with Crippen molar-refractivity contribution < 1.29 is 0 Å². The van der Waals surface area contributed by atoms with Crippen molar-refractivity contribution in [2.75, 3.05) is 0 Å². The Morgan fingerprint density at radius 2 is 0.941 bits per heavy atom. The quantitative estimate of drug-likeness (QED) is 0.183. The van der Waals surface area contributed by atoms with Gasteiger partial charge in [-0.05, 0) is 40.1 Å². The summed E-state index contributed by atoms with van der Waals surface area (Å²) in [7, 11) is 0. The van der Waals surface area contributed by atoms with Crippen molar-refractivity contribution in [2.45, 2.75) is 0 Å². The van der Waals surface area contributed by atoms with Crippen molar-refractivity contribution in [3.63, 3.8) is 0 Å². The van der Waals surface area contributed by atoms with E-state index in [-0.39, 0.29) is 0 Å². The monoisotopic (exact) mass is 668 g/mol. The third kappa shape index (κ3) is 5.14. The first-order valence-electron chi connectivity index (χ1n) is 17.0. The molecule has 0 aliphatic rings. The summed E-state index contributed by atoms with van der Waals surface area (Å²) < 4.78 is 2.43. The lowest BCUT2D eigenvalue weighted by Gasteiger charge is -2.13. The third-order valence-corrected chi connectivity index (χ3v) is 10.7. The highest BCUT2D eigenvalue weighted by molar-refractivity contribution is 7.26. The van der Waals surface area contributed by atoms with Crippen LogP contribution in [0.5, 0.6) is 0 Å². The van der Waals surface area contributed by atoms with Gasteiger partial charge >= 0.3 is 0 Å². The Morgan fingerprint density at radius 3 is 1.65 bits per heavy atom. The summed E-state index contributed by atoms with van der Waals surface area (Å²) in [6.07, 6.45) is 0. The topological polar surface area (TPSA) is 51.6 Å². The van der Waals surface area contributed by atoms with Crippen molar-refractivity contribution in [2.24, 2.45) is 0 Å². The maximum absolute atomic E-state index is 5.40. The summed E-state index contributed by atoms with van der Waals surface area (Å²) in [5.41, 5.74) is 8.21. The van der Waals surface area contributed by atoms with Crippen molar-refractivity contribution >= 4 is 53.2 Å². The molecule has 10 rings (SSSR count). The largest absolute Gasteiger partial charge is 0.246 e. The highest BCUT2D eigenvalue weighted by Gasteiger charge is 2.19. The average Bonchev–Trinajstić information content (AvgIpc) is 3.60. The van der Waals surface area contributed by atoms with Crippen molar-refractivity contribution in [1.29, 1.82) is 0 Å². The van der Waals surface area contributed by atoms with E-state index in [2.05, 4.69) is 109 Å². The number of hydrogen-bond acceptors (Lipinski definition) is 5. The van der Waals surface area contributed by atoms with Gasteiger partial charge in [-0.3, -0.25) is 0 Å². The number of fused-ring (bicyclic) bond motifs is 6. The van der Waals surface area contributed by atoms with Crippen LogP contribution in [0, 0.1) is 0 Å². The number of thiophene rings is 1. The number of nitrogens with zero attached hydrogens (tertiary/aromatic N) is 4. The third-order valence-electron chi connectivity index (χ3n) is 9.51. The molecule has 0 fully saturated rings. The lowest BCUT2D eigenvalue weighted by Crippen LogP contribution is -2.00. The standard InChI is InChI=1S/C46H28N4S/c1-3-13-31(14-4-1)44-48-45(32-15-5-2-6-16-32)50-46(49-44)33-25-23-30(24-26-33)42-43-41(37-18-9-10-21-39(37)51-43)40-36(19-11-20-38(40)47-42)35-27-22-29-12-7-8-17-34(29)28-35/h1-28H. The predicted octanol–water partition coefficient (Wildman–Crippen LogP) is 12.3. The summed E-state index contributed by atoms with van der Waals surface area (Å²) in [5.74, 6) is 1.93. The minimum atomic E-state index is 0.632. The number of hydrogen-bond donors (Lipinski definition) is 0. The van der Waals surface area contributed by atoms with Crippen molar-refractivity contribution in [3.05, 3.63) is 170 Å². The first kappa shape index (κ1) is 29.4. The van der Waals surface area contributed by atoms with Crippen LogP contribution in [-0.2, 0) is 0 Å². The van der Waals surface area contributed by atoms with E-state index in [4.69, 9.17) is 19.9 Å². The van der Waals surface area contributed by atoms with E-state index >= 15 is 0 Å². The summed E-state index contributed by atoms with van der Waals surface area (Å²) in [6.45, 7) is 0. The predicted molar refractivity (Wildman–Crippen MR) is 213 cm³/mol. The molecule has 4 nitrogen and oxygen atoms in total. The van der Waals surface area contributed by atoms with Crippen LogP contribution in [0.3, 0.4) is 0 Å². The van der Waals surface area contributed by atoms with E-state index < -0.39 is 0 Å². The van der Waals surface area contributed by atoms with Crippen LogP contribution in [-0.4, -0.2) is 19.9 Å². The molecular weight excluding hydrogens is 641 g/mol. The molecule has 0 N–H and O–H groups in total. The Labute approximate surface area is 298 Å². The average molecular weight is 669 g/mol. The summed E-state index contributed by atoms with van der Waals surface area (Å²) in [6, 6.07) is 59.2. The molecule has 7 aromatic carbocycles. The Hall–Kier alpha value is -6.56. The Kier molecular flexibility index (Phi) is 6.96. The Bertz CT molecular complexity index is 2840. The van der Waals surface area contributed by atoms with Crippen molar-refractivity contribution in [3.8, 4) is 56.5 Å². The molecule has 3 heterocycles. The number of aromatic nitrogens is 4. The zero-order chi connectivity index (χ0) is 33.7. The minimum Gasteiger partial charge on any atom is -0.246 e. The molecular formula is C46H28N4S. The van der Waals surface area contributed by atoms with Gasteiger partial charge in [-0.1, -0.05) is 152 Å². The van der Waals surface area contributed by atoms with Crippen LogP contribution in [0.15, 0.2) is 170 Å². The highest BCUT2D eigenvalue weighted by atomic mass is 32.1. The summed E-state index contributed by atoms with van der Waals surface area (Å²) in [5, 5.41) is 6.16. The van der Waals surface area contributed by atoms with Gasteiger partial charge in [0.05, 0.1) is 15.9 Å². The van der Waals surface area contributed by atoms with Gasteiger partial charge in [-0.25, -0.2) is 19.9 Å². The molecule has 238 valence electrons. The van der Waals surface area contributed by atoms with E-state index in [0.717, 1.165) is 33.5 Å². The highest BCUT2D eigenvalue weighted by Crippen LogP contribution is 2.45. The lowest BCUT2D eigenvalue weighted by molar-refractivity contribution is 1.07. The first-order chi connectivity index (χ1) is 25.3. The molecule has 0 saturated carbocycles. The SMILES string of the molecule is c1ccc(-c2nc(-c3ccccc3)nc(-c3ccc(-c4nc5cccc(-c6ccc7ccccc7c6)c5c5c4sc4ccccc45)cc3)n2)cc1. The zero-order valence-electron chi connectivity index (χ0n) is 27.4. The maximum Gasteiger partial charge on any atom is 0.164 e. The molecule has 0 aliphatic heterocycles. The molecule has 0 bridgehead atoms. The fourth-order valence-electron chi connectivity index (χ4n) is 7.04. The summed E-state index contributed by atoms with van der Waals surface area (Å²) in [4.78, 5) is 20.1. The molecule has 3 aromatic heterocycles. The fourth-order valence-corrected chi connectivity index (χ4v) is 8.26. The van der Waals surface area contributed by atoms with Gasteiger partial charge in [0.2, 0.25) is 0 Å². The first-order valence-corrected chi connectivity index (χ1v) is 17.8. The second-order valence-electron chi connectivity index (χ2n) is 12.6. The Balaban J connectivity index is 1.14. The number of pyridine rings is 1. The van der Waals surface area contributed by atoms with Crippen LogP contribution in [0.4, 0.5) is 0 Å². The molecule has 51 heavy (non-hydrogen) atoms. The summed E-state index contributed by atoms with van der Waals surface area (Å²) >= 11 is 1.81. The van der Waals surface area contributed by atoms with Crippen LogP contribution in [0.2, 0.25) is 0 Å². The number of benzene rings is 7. The molecule has 0 unspecified atom stereocenters. The van der Waals surface area contributed by atoms with Gasteiger partial charge < -0.3 is 0 Å². The second-order valence-corrected chi connectivity index (χ2v) is 13.7. The van der Waals surface area contributed by atoms with Crippen LogP contribution in [0.1, 0.15) is 0 Å². The van der Waals surface area contributed by atoms with Gasteiger partial charge in [-0.15, -0.1) is 11.3 Å². The van der Waals surface area contributed by atoms with Gasteiger partial charge in [0, 0.05) is 43.1 Å². The Morgan fingerprint density at radius 1 is 0.373 bits per heavy atom. The molecule has 0 radical (unpaired) electrons. The smallest absolute Gasteiger partial charge is 0.164 e. The lowest BCUT2D eigenvalue weighted by atomic mass is 9.94. The fraction of sp³-hybridized carbons (Fsp3) is 0. The molecule has 5 heteroatoms. The molecule has 0 spiro atoms. The van der Waals surface area contributed by atoms with Gasteiger partial charge in [0.25, 0.3) is 0 Å².